The Bertz CT molecular complexity index is 1120. The molecular weight excluding hydrogens is 416 g/mol. The summed E-state index contributed by atoms with van der Waals surface area (Å²) < 4.78 is 11.3. The van der Waals surface area contributed by atoms with E-state index >= 15 is 0 Å². The molecule has 33 heavy (non-hydrogen) atoms. The first-order valence-electron chi connectivity index (χ1n) is 10.8. The first-order chi connectivity index (χ1) is 16.1. The van der Waals surface area contributed by atoms with Crippen LogP contribution in [-0.2, 0) is 10.3 Å². The van der Waals surface area contributed by atoms with E-state index in [1.807, 2.05) is 97.9 Å². The Morgan fingerprint density at radius 2 is 1.55 bits per heavy atom. The van der Waals surface area contributed by atoms with E-state index in [1.54, 1.807) is 7.11 Å². The molecule has 1 N–H and O–H groups in total. The molecule has 3 aromatic rings. The van der Waals surface area contributed by atoms with Crippen LogP contribution in [0.15, 0.2) is 84.9 Å². The number of benzene rings is 3. The molecule has 0 saturated carbocycles. The molecule has 1 heterocycles. The van der Waals surface area contributed by atoms with Crippen LogP contribution in [0.3, 0.4) is 0 Å². The van der Waals surface area contributed by atoms with E-state index in [-0.39, 0.29) is 19.1 Å². The highest BCUT2D eigenvalue weighted by atomic mass is 16.5. The molecule has 4 rings (SSSR count). The van der Waals surface area contributed by atoms with Crippen LogP contribution in [0, 0.1) is 0 Å². The Balaban J connectivity index is 1.56. The smallest absolute Gasteiger partial charge is 0.325 e. The van der Waals surface area contributed by atoms with Gasteiger partial charge in [0, 0.05) is 0 Å². The minimum atomic E-state index is -1.27. The molecule has 0 aromatic heterocycles. The minimum Gasteiger partial charge on any atom is -0.493 e. The fourth-order valence-corrected chi connectivity index (χ4v) is 4.06. The zero-order valence-corrected chi connectivity index (χ0v) is 18.7. The van der Waals surface area contributed by atoms with Crippen molar-refractivity contribution in [3.63, 3.8) is 0 Å². The molecule has 168 valence electrons. The summed E-state index contributed by atoms with van der Waals surface area (Å²) >= 11 is 0. The SMILES string of the molecule is C/C=C/c1ccc(OCCN2C(=O)NC(c3ccccc3)(c3ccccc3)C2=O)c(OC)c1. The second-order valence-corrected chi connectivity index (χ2v) is 7.63. The molecule has 0 aliphatic carbocycles. The third-order valence-electron chi connectivity index (χ3n) is 5.64. The Morgan fingerprint density at radius 1 is 0.909 bits per heavy atom. The van der Waals surface area contributed by atoms with Gasteiger partial charge in [0.25, 0.3) is 5.91 Å². The lowest BCUT2D eigenvalue weighted by Crippen LogP contribution is -2.45. The van der Waals surface area contributed by atoms with Crippen molar-refractivity contribution in [3.8, 4) is 11.5 Å². The fraction of sp³-hybridized carbons (Fsp3) is 0.185. The Hall–Kier alpha value is -4.06. The van der Waals surface area contributed by atoms with Crippen molar-refractivity contribution < 1.29 is 19.1 Å². The molecule has 0 radical (unpaired) electrons. The summed E-state index contributed by atoms with van der Waals surface area (Å²) in [6.45, 7) is 2.18. The zero-order chi connectivity index (χ0) is 23.3. The number of nitrogens with one attached hydrogen (secondary N) is 1. The number of allylic oxidation sites excluding steroid dienone is 1. The molecule has 0 spiro atoms. The zero-order valence-electron chi connectivity index (χ0n) is 18.7. The van der Waals surface area contributed by atoms with Crippen molar-refractivity contribution in [2.45, 2.75) is 12.5 Å². The topological polar surface area (TPSA) is 67.9 Å². The van der Waals surface area contributed by atoms with Gasteiger partial charge in [0.05, 0.1) is 13.7 Å². The lowest BCUT2D eigenvalue weighted by Gasteiger charge is -2.28. The molecule has 0 bridgehead atoms. The van der Waals surface area contributed by atoms with Gasteiger partial charge in [-0.1, -0.05) is 78.9 Å². The van der Waals surface area contributed by atoms with E-state index in [2.05, 4.69) is 5.32 Å². The first kappa shape index (κ1) is 22.1. The molecule has 0 unspecified atom stereocenters. The van der Waals surface area contributed by atoms with Gasteiger partial charge >= 0.3 is 6.03 Å². The summed E-state index contributed by atoms with van der Waals surface area (Å²) in [6.07, 6.45) is 3.91. The molecular formula is C27H26N2O4. The maximum Gasteiger partial charge on any atom is 0.325 e. The number of ether oxygens (including phenoxy) is 2. The number of rotatable bonds is 8. The second-order valence-electron chi connectivity index (χ2n) is 7.63. The van der Waals surface area contributed by atoms with E-state index < -0.39 is 11.6 Å². The number of nitrogens with zero attached hydrogens (tertiary/aromatic N) is 1. The van der Waals surface area contributed by atoms with Crippen LogP contribution >= 0.6 is 0 Å². The number of hydrogen-bond donors (Lipinski definition) is 1. The minimum absolute atomic E-state index is 0.103. The normalized spacial score (nSPS) is 15.0. The average Bonchev–Trinajstić information content (AvgIpc) is 3.11. The molecule has 3 aromatic carbocycles. The second kappa shape index (κ2) is 9.61. The Morgan fingerprint density at radius 3 is 2.12 bits per heavy atom. The van der Waals surface area contributed by atoms with Crippen molar-refractivity contribution in [2.75, 3.05) is 20.3 Å². The molecule has 6 heteroatoms. The van der Waals surface area contributed by atoms with E-state index in [4.69, 9.17) is 9.47 Å². The van der Waals surface area contributed by atoms with Gasteiger partial charge in [-0.25, -0.2) is 4.79 Å². The number of imide groups is 1. The van der Waals surface area contributed by atoms with E-state index in [0.717, 1.165) is 5.56 Å². The predicted octanol–water partition coefficient (Wildman–Crippen LogP) is 4.60. The van der Waals surface area contributed by atoms with Crippen LogP contribution in [0.2, 0.25) is 0 Å². The number of amides is 3. The molecule has 3 amide bonds. The summed E-state index contributed by atoms with van der Waals surface area (Å²) in [5, 5.41) is 2.94. The molecule has 1 aliphatic rings. The van der Waals surface area contributed by atoms with Crippen LogP contribution < -0.4 is 14.8 Å². The van der Waals surface area contributed by atoms with Crippen molar-refractivity contribution in [1.29, 1.82) is 0 Å². The van der Waals surface area contributed by atoms with Crippen LogP contribution in [0.5, 0.6) is 11.5 Å². The molecule has 0 atom stereocenters. The molecule has 6 nitrogen and oxygen atoms in total. The number of urea groups is 1. The summed E-state index contributed by atoms with van der Waals surface area (Å²) in [5.41, 5.74) is 1.13. The quantitative estimate of drug-likeness (QED) is 0.518. The number of carbonyl (C=O) groups is 2. The summed E-state index contributed by atoms with van der Waals surface area (Å²) in [4.78, 5) is 27.8. The van der Waals surface area contributed by atoms with Crippen LogP contribution in [0.25, 0.3) is 6.08 Å². The average molecular weight is 443 g/mol. The van der Waals surface area contributed by atoms with Crippen LogP contribution in [0.1, 0.15) is 23.6 Å². The lowest BCUT2D eigenvalue weighted by molar-refractivity contribution is -0.130. The number of methoxy groups -OCH3 is 1. The van der Waals surface area contributed by atoms with E-state index in [1.165, 1.54) is 4.90 Å². The van der Waals surface area contributed by atoms with Gasteiger partial charge in [-0.3, -0.25) is 9.69 Å². The Kier molecular flexibility index (Phi) is 6.45. The van der Waals surface area contributed by atoms with Crippen LogP contribution in [-0.4, -0.2) is 37.1 Å². The summed E-state index contributed by atoms with van der Waals surface area (Å²) in [7, 11) is 1.58. The highest BCUT2D eigenvalue weighted by Gasteiger charge is 2.53. The van der Waals surface area contributed by atoms with E-state index in [9.17, 15) is 9.59 Å². The van der Waals surface area contributed by atoms with Gasteiger partial charge in [-0.05, 0) is 35.7 Å². The highest BCUT2D eigenvalue weighted by molar-refractivity contribution is 6.09. The van der Waals surface area contributed by atoms with Gasteiger partial charge in [-0.15, -0.1) is 0 Å². The van der Waals surface area contributed by atoms with Gasteiger partial charge in [0.1, 0.15) is 6.61 Å². The van der Waals surface area contributed by atoms with Gasteiger partial charge in [0.2, 0.25) is 0 Å². The highest BCUT2D eigenvalue weighted by Crippen LogP contribution is 2.36. The number of carbonyl (C=O) groups excluding carboxylic acids is 2. The van der Waals surface area contributed by atoms with Gasteiger partial charge < -0.3 is 14.8 Å². The largest absolute Gasteiger partial charge is 0.493 e. The number of hydrogen-bond acceptors (Lipinski definition) is 4. The predicted molar refractivity (Wildman–Crippen MR) is 127 cm³/mol. The Labute approximate surface area is 193 Å². The first-order valence-corrected chi connectivity index (χ1v) is 10.8. The van der Waals surface area contributed by atoms with Gasteiger partial charge in [0.15, 0.2) is 17.0 Å². The molecule has 1 fully saturated rings. The van der Waals surface area contributed by atoms with Gasteiger partial charge in [-0.2, -0.15) is 0 Å². The summed E-state index contributed by atoms with van der Waals surface area (Å²) in [6, 6.07) is 23.7. The summed E-state index contributed by atoms with van der Waals surface area (Å²) in [5.74, 6) is 0.810. The maximum atomic E-state index is 13.7. The molecule has 1 aliphatic heterocycles. The fourth-order valence-electron chi connectivity index (χ4n) is 4.06. The van der Waals surface area contributed by atoms with E-state index in [0.29, 0.717) is 22.6 Å². The van der Waals surface area contributed by atoms with Crippen molar-refractivity contribution in [2.24, 2.45) is 0 Å². The van der Waals surface area contributed by atoms with Crippen LogP contribution in [0.4, 0.5) is 4.79 Å². The van der Waals surface area contributed by atoms with Crippen molar-refractivity contribution >= 4 is 18.0 Å². The standard InChI is InChI=1S/C27H26N2O4/c1-3-10-20-15-16-23(24(19-20)32-2)33-18-17-29-25(30)27(28-26(29)31,21-11-6-4-7-12-21)22-13-8-5-9-14-22/h3-16,19H,17-18H2,1-2H3,(H,28,31)/b10-3+. The lowest BCUT2D eigenvalue weighted by atomic mass is 9.82. The molecule has 1 saturated heterocycles. The third kappa shape index (κ3) is 4.20. The maximum absolute atomic E-state index is 13.7. The third-order valence-corrected chi connectivity index (χ3v) is 5.64. The van der Waals surface area contributed by atoms with Crippen molar-refractivity contribution in [1.82, 2.24) is 10.2 Å². The monoisotopic (exact) mass is 442 g/mol. The van der Waals surface area contributed by atoms with Crippen molar-refractivity contribution in [3.05, 3.63) is 102 Å².